The third-order valence-electron chi connectivity index (χ3n) is 5.80. The summed E-state index contributed by atoms with van der Waals surface area (Å²) in [6, 6.07) is 19.9. The maximum Gasteiger partial charge on any atom is 0.271 e. The van der Waals surface area contributed by atoms with E-state index in [1.54, 1.807) is 29.4 Å². The molecule has 0 saturated heterocycles. The molecule has 2 heterocycles. The SMILES string of the molecule is C=CCN1C(=O)C(C#N)=C(C)/C(=C\c2cn(-c3ccccc3)nc2-c2ccc(SCCC)cc2)C1=O. The highest BCUT2D eigenvalue weighted by Gasteiger charge is 2.35. The first kappa shape index (κ1) is 25.0. The molecule has 180 valence electrons. The highest BCUT2D eigenvalue weighted by Crippen LogP contribution is 2.32. The molecule has 0 saturated carbocycles. The number of aromatic nitrogens is 2. The van der Waals surface area contributed by atoms with Gasteiger partial charge in [-0.3, -0.25) is 14.5 Å². The lowest BCUT2D eigenvalue weighted by Crippen LogP contribution is -2.42. The Hall–Kier alpha value is -4.15. The Morgan fingerprint density at radius 3 is 2.44 bits per heavy atom. The van der Waals surface area contributed by atoms with Crippen LogP contribution in [0.5, 0.6) is 0 Å². The largest absolute Gasteiger partial charge is 0.271 e. The van der Waals surface area contributed by atoms with Gasteiger partial charge in [0.1, 0.15) is 11.6 Å². The van der Waals surface area contributed by atoms with E-state index in [0.717, 1.165) is 28.3 Å². The lowest BCUT2D eigenvalue weighted by molar-refractivity contribution is -0.139. The fourth-order valence-corrected chi connectivity index (χ4v) is 4.71. The summed E-state index contributed by atoms with van der Waals surface area (Å²) in [6.45, 7) is 7.45. The van der Waals surface area contributed by atoms with E-state index in [-0.39, 0.29) is 17.7 Å². The number of hydrogen-bond donors (Lipinski definition) is 0. The summed E-state index contributed by atoms with van der Waals surface area (Å²) in [5.41, 5.74) is 3.79. The van der Waals surface area contributed by atoms with Crippen LogP contribution in [-0.2, 0) is 9.59 Å². The molecule has 0 unspecified atom stereocenters. The Labute approximate surface area is 215 Å². The second kappa shape index (κ2) is 11.1. The van der Waals surface area contributed by atoms with Crippen molar-refractivity contribution >= 4 is 29.7 Å². The summed E-state index contributed by atoms with van der Waals surface area (Å²) < 4.78 is 1.77. The normalized spacial score (nSPS) is 14.9. The first-order valence-corrected chi connectivity index (χ1v) is 12.7. The third-order valence-corrected chi connectivity index (χ3v) is 7.02. The van der Waals surface area contributed by atoms with Crippen molar-refractivity contribution in [3.63, 3.8) is 0 Å². The molecule has 0 atom stereocenters. The molecule has 3 aromatic rings. The number of thioether (sulfide) groups is 1. The first-order chi connectivity index (χ1) is 17.5. The van der Waals surface area contributed by atoms with Gasteiger partial charge in [-0.15, -0.1) is 18.3 Å². The second-order valence-electron chi connectivity index (χ2n) is 8.27. The third kappa shape index (κ3) is 4.95. The number of carbonyl (C=O) groups excluding carboxylic acids is 2. The zero-order valence-corrected chi connectivity index (χ0v) is 21.1. The van der Waals surface area contributed by atoms with Crippen LogP contribution in [0.25, 0.3) is 23.0 Å². The van der Waals surface area contributed by atoms with Gasteiger partial charge in [-0.1, -0.05) is 43.3 Å². The van der Waals surface area contributed by atoms with Crippen LogP contribution >= 0.6 is 11.8 Å². The molecule has 0 aliphatic carbocycles. The summed E-state index contributed by atoms with van der Waals surface area (Å²) >= 11 is 1.80. The van der Waals surface area contributed by atoms with Crippen molar-refractivity contribution in [3.8, 4) is 23.0 Å². The van der Waals surface area contributed by atoms with Gasteiger partial charge in [0.15, 0.2) is 0 Å². The van der Waals surface area contributed by atoms with Crippen molar-refractivity contribution in [1.82, 2.24) is 14.7 Å². The molecule has 0 radical (unpaired) electrons. The number of nitriles is 1. The van der Waals surface area contributed by atoms with Crippen LogP contribution in [0.2, 0.25) is 0 Å². The summed E-state index contributed by atoms with van der Waals surface area (Å²) in [5, 5.41) is 14.5. The lowest BCUT2D eigenvalue weighted by Gasteiger charge is -2.26. The molecular formula is C29H26N4O2S. The fraction of sp³-hybridized carbons (Fsp3) is 0.172. The van der Waals surface area contributed by atoms with E-state index >= 15 is 0 Å². The van der Waals surface area contributed by atoms with Gasteiger partial charge in [-0.25, -0.2) is 4.68 Å². The quantitative estimate of drug-likeness (QED) is 0.171. The number of carbonyl (C=O) groups is 2. The molecule has 7 heteroatoms. The highest BCUT2D eigenvalue weighted by atomic mass is 32.2. The molecule has 0 fully saturated rings. The molecule has 0 spiro atoms. The number of amides is 2. The van der Waals surface area contributed by atoms with Gasteiger partial charge in [-0.05, 0) is 55.0 Å². The summed E-state index contributed by atoms with van der Waals surface area (Å²) in [7, 11) is 0. The number of imide groups is 1. The maximum absolute atomic E-state index is 13.3. The van der Waals surface area contributed by atoms with Crippen LogP contribution in [0, 0.1) is 11.3 Å². The van der Waals surface area contributed by atoms with Crippen molar-refractivity contribution in [2.24, 2.45) is 0 Å². The Balaban J connectivity index is 1.86. The van der Waals surface area contributed by atoms with E-state index in [0.29, 0.717) is 16.8 Å². The monoisotopic (exact) mass is 494 g/mol. The van der Waals surface area contributed by atoms with Gasteiger partial charge in [0.25, 0.3) is 11.8 Å². The first-order valence-electron chi connectivity index (χ1n) is 11.7. The second-order valence-corrected chi connectivity index (χ2v) is 9.43. The Bertz CT molecular complexity index is 1410. The molecule has 36 heavy (non-hydrogen) atoms. The van der Waals surface area contributed by atoms with E-state index in [1.807, 2.05) is 54.7 Å². The van der Waals surface area contributed by atoms with Crippen molar-refractivity contribution in [2.75, 3.05) is 12.3 Å². The van der Waals surface area contributed by atoms with E-state index in [1.165, 1.54) is 11.0 Å². The van der Waals surface area contributed by atoms with Crippen LogP contribution in [0.3, 0.4) is 0 Å². The molecule has 0 bridgehead atoms. The maximum atomic E-state index is 13.3. The standard InChI is InChI=1S/C29H26N4O2S/c1-4-15-32-28(34)25(20(3)26(18-30)29(32)35)17-22-19-33(23-9-7-6-8-10-23)31-27(22)21-11-13-24(14-12-21)36-16-5-2/h4,6-14,17,19H,1,5,15-16H2,2-3H3/b25-17+. The Morgan fingerprint density at radius 2 is 1.81 bits per heavy atom. The number of hydrogen-bond acceptors (Lipinski definition) is 5. The number of nitrogens with zero attached hydrogens (tertiary/aromatic N) is 4. The fourth-order valence-electron chi connectivity index (χ4n) is 3.94. The average Bonchev–Trinajstić information content (AvgIpc) is 3.33. The molecule has 4 rings (SSSR count). The summed E-state index contributed by atoms with van der Waals surface area (Å²) in [6.07, 6.45) is 6.15. The van der Waals surface area contributed by atoms with E-state index in [9.17, 15) is 14.9 Å². The Morgan fingerprint density at radius 1 is 1.08 bits per heavy atom. The van der Waals surface area contributed by atoms with Gasteiger partial charge in [0.05, 0.1) is 11.4 Å². The van der Waals surface area contributed by atoms with E-state index in [4.69, 9.17) is 5.10 Å². The van der Waals surface area contributed by atoms with Crippen LogP contribution < -0.4 is 0 Å². The number of benzene rings is 2. The van der Waals surface area contributed by atoms with E-state index in [2.05, 4.69) is 25.6 Å². The highest BCUT2D eigenvalue weighted by molar-refractivity contribution is 7.99. The van der Waals surface area contributed by atoms with Crippen LogP contribution in [0.15, 0.2) is 95.1 Å². The molecule has 1 aliphatic rings. The van der Waals surface area contributed by atoms with Crippen molar-refractivity contribution in [2.45, 2.75) is 25.2 Å². The van der Waals surface area contributed by atoms with Gasteiger partial charge in [0, 0.05) is 34.3 Å². The minimum absolute atomic E-state index is 0.0283. The van der Waals surface area contributed by atoms with Gasteiger partial charge in [-0.2, -0.15) is 10.4 Å². The lowest BCUT2D eigenvalue weighted by atomic mass is 9.93. The van der Waals surface area contributed by atoms with Crippen LogP contribution in [0.1, 0.15) is 25.8 Å². The minimum atomic E-state index is -0.600. The molecule has 1 aliphatic heterocycles. The zero-order chi connectivity index (χ0) is 25.7. The van der Waals surface area contributed by atoms with Gasteiger partial charge in [0.2, 0.25) is 0 Å². The smallest absolute Gasteiger partial charge is 0.270 e. The van der Waals surface area contributed by atoms with Crippen molar-refractivity contribution < 1.29 is 9.59 Å². The Kier molecular flexibility index (Phi) is 7.67. The molecule has 6 nitrogen and oxygen atoms in total. The minimum Gasteiger partial charge on any atom is -0.270 e. The molecule has 2 aromatic carbocycles. The van der Waals surface area contributed by atoms with Gasteiger partial charge < -0.3 is 0 Å². The average molecular weight is 495 g/mol. The number of rotatable bonds is 8. The topological polar surface area (TPSA) is 79.0 Å². The van der Waals surface area contributed by atoms with Gasteiger partial charge >= 0.3 is 0 Å². The van der Waals surface area contributed by atoms with Crippen LogP contribution in [-0.4, -0.2) is 38.8 Å². The molecule has 1 aromatic heterocycles. The summed E-state index contributed by atoms with van der Waals surface area (Å²) in [4.78, 5) is 28.2. The molecule has 0 N–H and O–H groups in total. The van der Waals surface area contributed by atoms with Crippen molar-refractivity contribution in [3.05, 3.63) is 95.7 Å². The molecule has 2 amide bonds. The molecular weight excluding hydrogens is 468 g/mol. The van der Waals surface area contributed by atoms with E-state index < -0.39 is 11.8 Å². The predicted octanol–water partition coefficient (Wildman–Crippen LogP) is 5.82. The zero-order valence-electron chi connectivity index (χ0n) is 20.3. The van der Waals surface area contributed by atoms with Crippen molar-refractivity contribution in [1.29, 1.82) is 5.26 Å². The van der Waals surface area contributed by atoms with Crippen LogP contribution in [0.4, 0.5) is 0 Å². The number of para-hydroxylation sites is 1. The summed E-state index contributed by atoms with van der Waals surface area (Å²) in [5.74, 6) is -0.00709. The predicted molar refractivity (Wildman–Crippen MR) is 143 cm³/mol.